The van der Waals surface area contributed by atoms with Gasteiger partial charge in [0, 0.05) is 78.4 Å². The number of nitrogens with zero attached hydrogens (tertiary/aromatic N) is 3. The molecule has 0 aliphatic heterocycles. The number of carbonyl (C=O) groups is 4. The highest BCUT2D eigenvalue weighted by molar-refractivity contribution is 9.10. The molecule has 3 heterocycles. The average Bonchev–Trinajstić information content (AvgIpc) is 3.33. The molecule has 3 aromatic heterocycles. The minimum absolute atomic E-state index is 0.195. The summed E-state index contributed by atoms with van der Waals surface area (Å²) in [5, 5.41) is 0. The standard InChI is InChI=1S/C18H19NO3.C15H14BrNO.C13H11NO2.C7H8BrN/c1-2-22-18(21)16-6-3-14(4-7-16)5-8-17(20)13-15-9-11-19-12-10-15;16-14-4-1-12(2-5-14)3-6-15(18)11-13-7-9-17-10-8-13;15-13(10-11-6-8-14-9-7-11)16-12-4-2-1-3-5-12;8-7-3-1-6(5-9)2-4-7/h3-4,6-7,9-12H,2,5,8,13H2,1H3;1-2,4-5,7-10H,3,6,11H2;1-9H,10H2;1-4H,5,9H2. The third kappa shape index (κ3) is 21.6. The van der Waals surface area contributed by atoms with Crippen molar-refractivity contribution < 1.29 is 28.7 Å². The van der Waals surface area contributed by atoms with Crippen LogP contribution < -0.4 is 10.5 Å². The third-order valence-electron chi connectivity index (χ3n) is 9.29. The number of halogens is 2. The highest BCUT2D eigenvalue weighted by Crippen LogP contribution is 2.14. The number of hydrogen-bond acceptors (Lipinski definition) is 10. The number of pyridine rings is 3. The Morgan fingerprint density at radius 1 is 0.492 bits per heavy atom. The maximum Gasteiger partial charge on any atom is 0.338 e. The molecule has 0 saturated heterocycles. The molecule has 0 aliphatic carbocycles. The maximum atomic E-state index is 12.0. The number of benzene rings is 4. The minimum atomic E-state index is -0.317. The van der Waals surface area contributed by atoms with Crippen molar-refractivity contribution in [3.8, 4) is 5.75 Å². The lowest BCUT2D eigenvalue weighted by atomic mass is 10.0. The fourth-order valence-corrected chi connectivity index (χ4v) is 6.35. The van der Waals surface area contributed by atoms with Crippen molar-refractivity contribution in [3.63, 3.8) is 0 Å². The highest BCUT2D eigenvalue weighted by atomic mass is 79.9. The molecular formula is C53H52Br2N4O6. The Morgan fingerprint density at radius 2 is 0.892 bits per heavy atom. The topological polar surface area (TPSA) is 151 Å². The fourth-order valence-electron chi connectivity index (χ4n) is 5.82. The Labute approximate surface area is 398 Å². The van der Waals surface area contributed by atoms with E-state index in [2.05, 4.69) is 46.8 Å². The molecule has 0 aliphatic rings. The number of rotatable bonds is 16. The van der Waals surface area contributed by atoms with Crippen LogP contribution >= 0.6 is 31.9 Å². The Hall–Kier alpha value is -6.47. The van der Waals surface area contributed by atoms with E-state index in [4.69, 9.17) is 15.2 Å². The lowest BCUT2D eigenvalue weighted by molar-refractivity contribution is -0.133. The van der Waals surface area contributed by atoms with E-state index in [0.717, 1.165) is 37.6 Å². The Bertz CT molecular complexity index is 2400. The van der Waals surface area contributed by atoms with Crippen molar-refractivity contribution in [2.24, 2.45) is 5.73 Å². The van der Waals surface area contributed by atoms with Crippen LogP contribution in [0.15, 0.2) is 186 Å². The van der Waals surface area contributed by atoms with Gasteiger partial charge in [0.2, 0.25) is 0 Å². The number of aryl methyl sites for hydroxylation is 2. The van der Waals surface area contributed by atoms with Crippen molar-refractivity contribution in [1.82, 2.24) is 15.0 Å². The van der Waals surface area contributed by atoms with Gasteiger partial charge >= 0.3 is 11.9 Å². The molecule has 0 atom stereocenters. The van der Waals surface area contributed by atoms with Crippen LogP contribution in [0.5, 0.6) is 5.75 Å². The summed E-state index contributed by atoms with van der Waals surface area (Å²) in [7, 11) is 0. The quantitative estimate of drug-likeness (QED) is 0.0732. The summed E-state index contributed by atoms with van der Waals surface area (Å²) in [6.45, 7) is 2.76. The number of hydrogen-bond donors (Lipinski definition) is 1. The number of aromatic nitrogens is 3. The summed E-state index contributed by atoms with van der Waals surface area (Å²) < 4.78 is 12.3. The lowest BCUT2D eigenvalue weighted by Crippen LogP contribution is -2.11. The molecule has 0 fully saturated rings. The summed E-state index contributed by atoms with van der Waals surface area (Å²) in [5.74, 6) is 0.451. The van der Waals surface area contributed by atoms with E-state index in [9.17, 15) is 19.2 Å². The van der Waals surface area contributed by atoms with Crippen LogP contribution in [0.4, 0.5) is 0 Å². The SMILES string of the molecule is CCOC(=O)c1ccc(CCC(=O)Cc2ccncc2)cc1.NCc1ccc(Br)cc1.O=C(CCc1ccc(Br)cc1)Cc1ccncc1.O=C(Cc1ccncc1)Oc1ccccc1. The number of esters is 2. The first-order valence-corrected chi connectivity index (χ1v) is 22.6. The second-order valence-corrected chi connectivity index (χ2v) is 16.2. The van der Waals surface area contributed by atoms with Gasteiger partial charge in [-0.2, -0.15) is 0 Å². The van der Waals surface area contributed by atoms with E-state index in [1.807, 2.05) is 103 Å². The van der Waals surface area contributed by atoms with Gasteiger partial charge in [-0.3, -0.25) is 29.3 Å². The molecule has 0 bridgehead atoms. The molecule has 7 aromatic rings. The van der Waals surface area contributed by atoms with Crippen molar-refractivity contribution in [3.05, 3.63) is 225 Å². The zero-order chi connectivity index (χ0) is 46.5. The van der Waals surface area contributed by atoms with Gasteiger partial charge in [0.25, 0.3) is 0 Å². The van der Waals surface area contributed by atoms with Gasteiger partial charge in [-0.15, -0.1) is 0 Å². The van der Waals surface area contributed by atoms with Crippen LogP contribution in [-0.2, 0) is 57.8 Å². The molecule has 65 heavy (non-hydrogen) atoms. The van der Waals surface area contributed by atoms with Crippen LogP contribution in [0.25, 0.3) is 0 Å². The molecular weight excluding hydrogens is 948 g/mol. The van der Waals surface area contributed by atoms with Crippen LogP contribution in [0.1, 0.15) is 63.5 Å². The highest BCUT2D eigenvalue weighted by Gasteiger charge is 2.09. The summed E-state index contributed by atoms with van der Waals surface area (Å²) in [4.78, 5) is 58.6. The van der Waals surface area contributed by atoms with Gasteiger partial charge in [0.15, 0.2) is 0 Å². The van der Waals surface area contributed by atoms with E-state index in [1.54, 1.807) is 80.5 Å². The van der Waals surface area contributed by atoms with Gasteiger partial charge in [0.1, 0.15) is 17.3 Å². The molecule has 2 N–H and O–H groups in total. The molecule has 4 aromatic carbocycles. The summed E-state index contributed by atoms with van der Waals surface area (Å²) >= 11 is 6.73. The maximum absolute atomic E-state index is 12.0. The summed E-state index contributed by atoms with van der Waals surface area (Å²) in [5.41, 5.74) is 12.2. The van der Waals surface area contributed by atoms with Crippen molar-refractivity contribution >= 4 is 55.4 Å². The monoisotopic (exact) mass is 998 g/mol. The molecule has 0 radical (unpaired) electrons. The second kappa shape index (κ2) is 29.8. The molecule has 0 spiro atoms. The first-order valence-electron chi connectivity index (χ1n) is 21.0. The van der Waals surface area contributed by atoms with Gasteiger partial charge in [-0.05, 0) is 138 Å². The van der Waals surface area contributed by atoms with Crippen LogP contribution in [-0.4, -0.2) is 45.1 Å². The Balaban J connectivity index is 0.000000197. The molecule has 12 heteroatoms. The van der Waals surface area contributed by atoms with Gasteiger partial charge < -0.3 is 15.2 Å². The predicted octanol–water partition coefficient (Wildman–Crippen LogP) is 10.7. The summed E-state index contributed by atoms with van der Waals surface area (Å²) in [6.07, 6.45) is 13.9. The van der Waals surface area contributed by atoms with Crippen molar-refractivity contribution in [1.29, 1.82) is 0 Å². The van der Waals surface area contributed by atoms with Crippen molar-refractivity contribution in [2.75, 3.05) is 6.61 Å². The normalized spacial score (nSPS) is 10.0. The molecule has 0 saturated carbocycles. The number of para-hydroxylation sites is 1. The molecule has 0 amide bonds. The molecule has 10 nitrogen and oxygen atoms in total. The smallest absolute Gasteiger partial charge is 0.338 e. The number of ketones is 2. The van der Waals surface area contributed by atoms with E-state index < -0.39 is 0 Å². The van der Waals surface area contributed by atoms with E-state index in [0.29, 0.717) is 56.6 Å². The van der Waals surface area contributed by atoms with Gasteiger partial charge in [-0.25, -0.2) is 4.79 Å². The third-order valence-corrected chi connectivity index (χ3v) is 10.3. The van der Waals surface area contributed by atoms with E-state index >= 15 is 0 Å². The Morgan fingerprint density at radius 3 is 1.31 bits per heavy atom. The van der Waals surface area contributed by atoms with E-state index in [-0.39, 0.29) is 29.9 Å². The largest absolute Gasteiger partial charge is 0.462 e. The molecule has 7 rings (SSSR count). The predicted molar refractivity (Wildman–Crippen MR) is 261 cm³/mol. The van der Waals surface area contributed by atoms with Gasteiger partial charge in [-0.1, -0.05) is 86.5 Å². The number of carbonyl (C=O) groups excluding carboxylic acids is 4. The molecule has 0 unspecified atom stereocenters. The lowest BCUT2D eigenvalue weighted by Gasteiger charge is -2.04. The fraction of sp³-hybridized carbons (Fsp3) is 0.189. The first-order chi connectivity index (χ1) is 31.6. The number of ether oxygens (including phenoxy) is 2. The average molecular weight is 1000 g/mol. The van der Waals surface area contributed by atoms with Gasteiger partial charge in [0.05, 0.1) is 18.6 Å². The van der Waals surface area contributed by atoms with E-state index in [1.165, 1.54) is 11.1 Å². The van der Waals surface area contributed by atoms with Crippen LogP contribution in [0.2, 0.25) is 0 Å². The van der Waals surface area contributed by atoms with Crippen LogP contribution in [0.3, 0.4) is 0 Å². The zero-order valence-corrected chi connectivity index (χ0v) is 39.4. The Kier molecular flexibility index (Phi) is 23.5. The first kappa shape index (κ1) is 51.2. The van der Waals surface area contributed by atoms with Crippen LogP contribution in [0, 0.1) is 0 Å². The number of nitrogens with two attached hydrogens (primary N) is 1. The minimum Gasteiger partial charge on any atom is -0.462 e. The zero-order valence-electron chi connectivity index (χ0n) is 36.2. The van der Waals surface area contributed by atoms with Crippen molar-refractivity contribution in [2.45, 2.75) is 58.4 Å². The second-order valence-electron chi connectivity index (χ2n) is 14.3. The molecule has 334 valence electrons. The number of Topliss-reactive ketones (excluding diaryl/α,β-unsaturated/α-hetero) is 2. The summed E-state index contributed by atoms with van der Waals surface area (Å²) in [6, 6.07) is 43.4.